The van der Waals surface area contributed by atoms with Gasteiger partial charge in [-0.1, -0.05) is 0 Å². The van der Waals surface area contributed by atoms with E-state index in [0.717, 1.165) is 17.2 Å². The fourth-order valence-corrected chi connectivity index (χ4v) is 1.58. The zero-order valence-corrected chi connectivity index (χ0v) is 8.17. The molecular formula is C8H11N3O5. The first-order valence-corrected chi connectivity index (χ1v) is 4.65. The number of nitrogens with zero attached hydrogens (tertiary/aromatic N) is 3. The van der Waals surface area contributed by atoms with E-state index in [1.54, 1.807) is 0 Å². The van der Waals surface area contributed by atoms with Gasteiger partial charge in [-0.2, -0.15) is 4.98 Å². The zero-order valence-electron chi connectivity index (χ0n) is 8.17. The molecule has 1 aliphatic heterocycles. The molecule has 0 aromatic carbocycles. The van der Waals surface area contributed by atoms with Gasteiger partial charge in [0.15, 0.2) is 6.23 Å². The Morgan fingerprint density at radius 3 is 2.75 bits per heavy atom. The van der Waals surface area contributed by atoms with Crippen molar-refractivity contribution in [3.63, 3.8) is 0 Å². The minimum absolute atomic E-state index is 0.447. The Labute approximate surface area is 89.8 Å². The third-order valence-electron chi connectivity index (χ3n) is 2.44. The van der Waals surface area contributed by atoms with Crippen LogP contribution in [0, 0.1) is 0 Å². The molecule has 16 heavy (non-hydrogen) atoms. The number of rotatable bonds is 2. The highest BCUT2D eigenvalue weighted by Gasteiger charge is 2.43. The Balaban J connectivity index is 2.30. The van der Waals surface area contributed by atoms with E-state index in [0.29, 0.717) is 0 Å². The smallest absolute Gasteiger partial charge is 0.352 e. The fraction of sp³-hybridized carbons (Fsp3) is 0.625. The van der Waals surface area contributed by atoms with Gasteiger partial charge in [0.05, 0.1) is 6.61 Å². The van der Waals surface area contributed by atoms with Crippen LogP contribution in [0.5, 0.6) is 0 Å². The molecule has 2 heterocycles. The van der Waals surface area contributed by atoms with Gasteiger partial charge in [0.2, 0.25) is 0 Å². The van der Waals surface area contributed by atoms with Crippen molar-refractivity contribution >= 4 is 0 Å². The summed E-state index contributed by atoms with van der Waals surface area (Å²) in [6.07, 6.45) is -2.34. The average molecular weight is 229 g/mol. The van der Waals surface area contributed by atoms with Crippen LogP contribution in [0.3, 0.4) is 0 Å². The second kappa shape index (κ2) is 4.26. The molecule has 3 N–H and O–H groups in total. The van der Waals surface area contributed by atoms with E-state index in [1.165, 1.54) is 0 Å². The molecule has 0 saturated carbocycles. The molecule has 0 spiro atoms. The van der Waals surface area contributed by atoms with E-state index in [1.807, 2.05) is 0 Å². The second-order valence-corrected chi connectivity index (χ2v) is 3.43. The Morgan fingerprint density at radius 1 is 1.44 bits per heavy atom. The molecule has 1 aromatic heterocycles. The number of aromatic nitrogens is 3. The molecule has 1 aliphatic rings. The lowest BCUT2D eigenvalue weighted by atomic mass is 10.1. The van der Waals surface area contributed by atoms with Gasteiger partial charge < -0.3 is 20.1 Å². The third-order valence-corrected chi connectivity index (χ3v) is 2.44. The molecule has 4 atom stereocenters. The zero-order chi connectivity index (χ0) is 11.7. The molecule has 1 saturated heterocycles. The SMILES string of the molecule is O=c1ncncn1[C@@H]1O[C@H](CO)[C@@H](O)[C@H]1O. The van der Waals surface area contributed by atoms with Gasteiger partial charge in [-0.05, 0) is 0 Å². The van der Waals surface area contributed by atoms with Crippen molar-refractivity contribution in [3.05, 3.63) is 23.1 Å². The van der Waals surface area contributed by atoms with Crippen LogP contribution >= 0.6 is 0 Å². The van der Waals surface area contributed by atoms with E-state index in [2.05, 4.69) is 9.97 Å². The summed E-state index contributed by atoms with van der Waals surface area (Å²) >= 11 is 0. The van der Waals surface area contributed by atoms with Crippen LogP contribution in [0.25, 0.3) is 0 Å². The number of aliphatic hydroxyl groups excluding tert-OH is 3. The molecule has 0 unspecified atom stereocenters. The summed E-state index contributed by atoms with van der Waals surface area (Å²) < 4.78 is 6.10. The molecule has 0 amide bonds. The van der Waals surface area contributed by atoms with Gasteiger partial charge in [-0.15, -0.1) is 0 Å². The van der Waals surface area contributed by atoms with Crippen molar-refractivity contribution in [3.8, 4) is 0 Å². The van der Waals surface area contributed by atoms with E-state index in [4.69, 9.17) is 9.84 Å². The monoisotopic (exact) mass is 229 g/mol. The maximum Gasteiger partial charge on any atom is 0.352 e. The highest BCUT2D eigenvalue weighted by Crippen LogP contribution is 2.27. The lowest BCUT2D eigenvalue weighted by Crippen LogP contribution is -2.36. The molecular weight excluding hydrogens is 218 g/mol. The van der Waals surface area contributed by atoms with Crippen LogP contribution in [0.2, 0.25) is 0 Å². The second-order valence-electron chi connectivity index (χ2n) is 3.43. The molecule has 0 bridgehead atoms. The average Bonchev–Trinajstić information content (AvgIpc) is 2.57. The number of aliphatic hydroxyl groups is 3. The van der Waals surface area contributed by atoms with Crippen LogP contribution in [0.15, 0.2) is 17.4 Å². The maximum atomic E-state index is 11.3. The van der Waals surface area contributed by atoms with Crippen molar-refractivity contribution in [2.24, 2.45) is 0 Å². The quantitative estimate of drug-likeness (QED) is 0.503. The van der Waals surface area contributed by atoms with E-state index < -0.39 is 36.8 Å². The van der Waals surface area contributed by atoms with Crippen LogP contribution in [0.1, 0.15) is 6.23 Å². The minimum atomic E-state index is -1.30. The third kappa shape index (κ3) is 1.71. The summed E-state index contributed by atoms with van der Waals surface area (Å²) in [4.78, 5) is 18.3. The van der Waals surface area contributed by atoms with E-state index in [9.17, 15) is 15.0 Å². The Hall–Kier alpha value is -1.35. The van der Waals surface area contributed by atoms with E-state index >= 15 is 0 Å². The molecule has 0 radical (unpaired) electrons. The lowest BCUT2D eigenvalue weighted by Gasteiger charge is -2.15. The number of hydrogen-bond acceptors (Lipinski definition) is 7. The topological polar surface area (TPSA) is 118 Å². The summed E-state index contributed by atoms with van der Waals surface area (Å²) in [5, 5.41) is 28.0. The highest BCUT2D eigenvalue weighted by molar-refractivity contribution is 4.89. The van der Waals surface area contributed by atoms with Crippen LogP contribution in [-0.4, -0.2) is 54.8 Å². The van der Waals surface area contributed by atoms with Crippen molar-refractivity contribution in [2.45, 2.75) is 24.5 Å². The maximum absolute atomic E-state index is 11.3. The van der Waals surface area contributed by atoms with Gasteiger partial charge in [0, 0.05) is 0 Å². The van der Waals surface area contributed by atoms with Gasteiger partial charge in [0.25, 0.3) is 0 Å². The highest BCUT2D eigenvalue weighted by atomic mass is 16.6. The Bertz CT molecular complexity index is 422. The van der Waals surface area contributed by atoms with Gasteiger partial charge in [-0.25, -0.2) is 9.78 Å². The van der Waals surface area contributed by atoms with Crippen molar-refractivity contribution in [1.29, 1.82) is 0 Å². The molecule has 8 nitrogen and oxygen atoms in total. The number of ether oxygens (including phenoxy) is 1. The van der Waals surface area contributed by atoms with Gasteiger partial charge >= 0.3 is 5.69 Å². The van der Waals surface area contributed by atoms with Crippen LogP contribution in [0.4, 0.5) is 0 Å². The van der Waals surface area contributed by atoms with Crippen molar-refractivity contribution in [2.75, 3.05) is 6.61 Å². The Morgan fingerprint density at radius 2 is 2.19 bits per heavy atom. The summed E-state index contributed by atoms with van der Waals surface area (Å²) in [7, 11) is 0. The predicted octanol–water partition coefficient (Wildman–Crippen LogP) is -2.75. The first-order valence-electron chi connectivity index (χ1n) is 4.65. The summed E-state index contributed by atoms with van der Waals surface area (Å²) in [5.74, 6) is 0. The molecule has 1 aromatic rings. The van der Waals surface area contributed by atoms with Crippen LogP contribution in [-0.2, 0) is 4.74 Å². The lowest BCUT2D eigenvalue weighted by molar-refractivity contribution is -0.0555. The first-order chi connectivity index (χ1) is 7.65. The largest absolute Gasteiger partial charge is 0.394 e. The molecule has 8 heteroatoms. The molecule has 1 fully saturated rings. The molecule has 88 valence electrons. The van der Waals surface area contributed by atoms with E-state index in [-0.39, 0.29) is 0 Å². The van der Waals surface area contributed by atoms with Gasteiger partial charge in [-0.3, -0.25) is 4.57 Å². The fourth-order valence-electron chi connectivity index (χ4n) is 1.58. The number of hydrogen-bond donors (Lipinski definition) is 3. The normalized spacial score (nSPS) is 34.2. The predicted molar refractivity (Wildman–Crippen MR) is 49.3 cm³/mol. The summed E-state index contributed by atoms with van der Waals surface area (Å²) in [5.41, 5.74) is -0.648. The molecule has 2 rings (SSSR count). The van der Waals surface area contributed by atoms with Crippen molar-refractivity contribution in [1.82, 2.24) is 14.5 Å². The Kier molecular flexibility index (Phi) is 2.97. The van der Waals surface area contributed by atoms with Crippen molar-refractivity contribution < 1.29 is 20.1 Å². The van der Waals surface area contributed by atoms with Crippen LogP contribution < -0.4 is 5.69 Å². The first kappa shape index (κ1) is 11.1. The van der Waals surface area contributed by atoms with Gasteiger partial charge in [0.1, 0.15) is 31.0 Å². The summed E-state index contributed by atoms with van der Waals surface area (Å²) in [6.45, 7) is -0.447. The minimum Gasteiger partial charge on any atom is -0.394 e. The molecule has 0 aliphatic carbocycles. The summed E-state index contributed by atoms with van der Waals surface area (Å²) in [6, 6.07) is 0. The standard InChI is InChI=1S/C8H11N3O5/c12-1-4-5(13)6(14)7(16-4)11-3-9-2-10-8(11)15/h2-7,12-14H,1H2/t4-,5-,6-,7-/m1/s1.